The smallest absolute Gasteiger partial charge is 0.225 e. The van der Waals surface area contributed by atoms with Crippen LogP contribution in [0.4, 0.5) is 0 Å². The Hall–Kier alpha value is -0.570. The molecule has 0 spiro atoms. The van der Waals surface area contributed by atoms with E-state index in [1.165, 1.54) is 0 Å². The van der Waals surface area contributed by atoms with Gasteiger partial charge in [0, 0.05) is 25.0 Å². The molecule has 0 heterocycles. The Labute approximate surface area is 106 Å². The molecule has 17 heavy (non-hydrogen) atoms. The summed E-state index contributed by atoms with van der Waals surface area (Å²) in [6.07, 6.45) is 5.03. The van der Waals surface area contributed by atoms with Crippen LogP contribution >= 0.6 is 0 Å². The Balaban J connectivity index is 2.45. The molecule has 0 bridgehead atoms. The van der Waals surface area contributed by atoms with E-state index >= 15 is 0 Å². The van der Waals surface area contributed by atoms with Gasteiger partial charge in [-0.25, -0.2) is 0 Å². The second kappa shape index (κ2) is 6.39. The number of hydrogen-bond acceptors (Lipinski definition) is 2. The van der Waals surface area contributed by atoms with Gasteiger partial charge in [-0.15, -0.1) is 0 Å². The van der Waals surface area contributed by atoms with Crippen molar-refractivity contribution in [3.63, 3.8) is 0 Å². The summed E-state index contributed by atoms with van der Waals surface area (Å²) in [5.74, 6) is 1.18. The third-order valence-corrected chi connectivity index (χ3v) is 3.94. The van der Waals surface area contributed by atoms with Crippen molar-refractivity contribution >= 4 is 5.91 Å². The summed E-state index contributed by atoms with van der Waals surface area (Å²) in [6.45, 7) is 6.55. The first-order valence-corrected chi connectivity index (χ1v) is 6.94. The van der Waals surface area contributed by atoms with Gasteiger partial charge in [-0.05, 0) is 44.9 Å². The van der Waals surface area contributed by atoms with E-state index in [9.17, 15) is 4.79 Å². The van der Waals surface area contributed by atoms with E-state index in [0.717, 1.165) is 32.1 Å². The van der Waals surface area contributed by atoms with Crippen LogP contribution in [0.5, 0.6) is 0 Å². The zero-order valence-corrected chi connectivity index (χ0v) is 11.8. The second-order valence-electron chi connectivity index (χ2n) is 6.04. The lowest BCUT2D eigenvalue weighted by atomic mass is 9.85. The Morgan fingerprint density at radius 1 is 1.24 bits per heavy atom. The topological polar surface area (TPSA) is 46.3 Å². The molecule has 1 fully saturated rings. The summed E-state index contributed by atoms with van der Waals surface area (Å²) in [4.78, 5) is 14.3. The molecule has 0 aliphatic heterocycles. The molecule has 1 rings (SSSR count). The van der Waals surface area contributed by atoms with E-state index in [-0.39, 0.29) is 5.92 Å². The number of amides is 1. The summed E-state index contributed by atoms with van der Waals surface area (Å²) in [5, 5.41) is 0. The lowest BCUT2D eigenvalue weighted by Gasteiger charge is -2.32. The fourth-order valence-electron chi connectivity index (χ4n) is 2.71. The number of nitrogens with zero attached hydrogens (tertiary/aromatic N) is 1. The largest absolute Gasteiger partial charge is 0.343 e. The highest BCUT2D eigenvalue weighted by Crippen LogP contribution is 2.25. The molecule has 1 atom stereocenters. The van der Waals surface area contributed by atoms with Gasteiger partial charge < -0.3 is 10.6 Å². The second-order valence-corrected chi connectivity index (χ2v) is 6.04. The van der Waals surface area contributed by atoms with E-state index in [2.05, 4.69) is 20.8 Å². The minimum atomic E-state index is 0.217. The fourth-order valence-corrected chi connectivity index (χ4v) is 2.71. The van der Waals surface area contributed by atoms with Crippen LogP contribution in [-0.4, -0.2) is 29.9 Å². The van der Waals surface area contributed by atoms with Crippen molar-refractivity contribution in [2.75, 3.05) is 7.05 Å². The maximum Gasteiger partial charge on any atom is 0.225 e. The lowest BCUT2D eigenvalue weighted by Crippen LogP contribution is -2.42. The Morgan fingerprint density at radius 3 is 2.24 bits per heavy atom. The van der Waals surface area contributed by atoms with Gasteiger partial charge in [0.25, 0.3) is 0 Å². The highest BCUT2D eigenvalue weighted by molar-refractivity contribution is 5.79. The van der Waals surface area contributed by atoms with Gasteiger partial charge in [0.1, 0.15) is 0 Å². The monoisotopic (exact) mass is 240 g/mol. The predicted octanol–water partition coefficient (Wildman–Crippen LogP) is 2.40. The molecule has 1 aliphatic carbocycles. The van der Waals surface area contributed by atoms with E-state index < -0.39 is 0 Å². The SMILES string of the molecule is CC(C)CC(C)N(C)C(=O)C1CCC(N)CC1. The summed E-state index contributed by atoms with van der Waals surface area (Å²) in [5.41, 5.74) is 5.87. The van der Waals surface area contributed by atoms with Crippen molar-refractivity contribution in [2.45, 2.75) is 65.0 Å². The molecule has 100 valence electrons. The fraction of sp³-hybridized carbons (Fsp3) is 0.929. The first-order chi connectivity index (χ1) is 7.91. The maximum absolute atomic E-state index is 12.3. The van der Waals surface area contributed by atoms with Crippen molar-refractivity contribution in [3.05, 3.63) is 0 Å². The van der Waals surface area contributed by atoms with E-state index in [4.69, 9.17) is 5.73 Å². The van der Waals surface area contributed by atoms with E-state index in [1.54, 1.807) is 0 Å². The van der Waals surface area contributed by atoms with Crippen LogP contribution < -0.4 is 5.73 Å². The van der Waals surface area contributed by atoms with Crippen LogP contribution in [0.1, 0.15) is 52.9 Å². The average Bonchev–Trinajstić information content (AvgIpc) is 2.27. The first kappa shape index (κ1) is 14.5. The van der Waals surface area contributed by atoms with Crippen molar-refractivity contribution in [3.8, 4) is 0 Å². The van der Waals surface area contributed by atoms with Gasteiger partial charge in [-0.1, -0.05) is 13.8 Å². The van der Waals surface area contributed by atoms with Crippen LogP contribution in [-0.2, 0) is 4.79 Å². The highest BCUT2D eigenvalue weighted by atomic mass is 16.2. The third-order valence-electron chi connectivity index (χ3n) is 3.94. The molecule has 0 aromatic carbocycles. The zero-order valence-electron chi connectivity index (χ0n) is 11.8. The van der Waals surface area contributed by atoms with Gasteiger partial charge in [0.2, 0.25) is 5.91 Å². The van der Waals surface area contributed by atoms with Crippen LogP contribution in [0.25, 0.3) is 0 Å². The molecular formula is C14H28N2O. The third kappa shape index (κ3) is 4.30. The molecule has 0 saturated heterocycles. The van der Waals surface area contributed by atoms with Gasteiger partial charge >= 0.3 is 0 Å². The van der Waals surface area contributed by atoms with Crippen molar-refractivity contribution in [1.29, 1.82) is 0 Å². The summed E-state index contributed by atoms with van der Waals surface area (Å²) in [6, 6.07) is 0.663. The first-order valence-electron chi connectivity index (χ1n) is 6.94. The standard InChI is InChI=1S/C14H28N2O/c1-10(2)9-11(3)16(4)14(17)12-5-7-13(15)8-6-12/h10-13H,5-9,15H2,1-4H3. The van der Waals surface area contributed by atoms with E-state index in [1.807, 2.05) is 11.9 Å². The Bertz CT molecular complexity index is 245. The van der Waals surface area contributed by atoms with Crippen LogP contribution in [0.3, 0.4) is 0 Å². The molecule has 0 aromatic heterocycles. The van der Waals surface area contributed by atoms with Crippen LogP contribution in [0, 0.1) is 11.8 Å². The highest BCUT2D eigenvalue weighted by Gasteiger charge is 2.28. The number of carbonyl (C=O) groups is 1. The van der Waals surface area contributed by atoms with Gasteiger partial charge in [-0.3, -0.25) is 4.79 Å². The lowest BCUT2D eigenvalue weighted by molar-refractivity contribution is -0.137. The number of carbonyl (C=O) groups excluding carboxylic acids is 1. The molecule has 0 aromatic rings. The molecule has 1 amide bonds. The van der Waals surface area contributed by atoms with Crippen molar-refractivity contribution < 1.29 is 4.79 Å². The molecular weight excluding hydrogens is 212 g/mol. The Kier molecular flexibility index (Phi) is 5.44. The molecule has 3 nitrogen and oxygen atoms in total. The van der Waals surface area contributed by atoms with Crippen LogP contribution in [0.15, 0.2) is 0 Å². The minimum absolute atomic E-state index is 0.217. The van der Waals surface area contributed by atoms with Gasteiger partial charge in [0.05, 0.1) is 0 Å². The normalized spacial score (nSPS) is 26.9. The summed E-state index contributed by atoms with van der Waals surface area (Å²) < 4.78 is 0. The molecule has 2 N–H and O–H groups in total. The molecule has 1 aliphatic rings. The summed E-state index contributed by atoms with van der Waals surface area (Å²) >= 11 is 0. The quantitative estimate of drug-likeness (QED) is 0.820. The maximum atomic E-state index is 12.3. The average molecular weight is 240 g/mol. The van der Waals surface area contributed by atoms with Crippen LogP contribution in [0.2, 0.25) is 0 Å². The molecule has 3 heteroatoms. The van der Waals surface area contributed by atoms with Crippen molar-refractivity contribution in [2.24, 2.45) is 17.6 Å². The van der Waals surface area contributed by atoms with E-state index in [0.29, 0.717) is 23.9 Å². The Morgan fingerprint density at radius 2 is 1.76 bits per heavy atom. The molecule has 0 radical (unpaired) electrons. The summed E-state index contributed by atoms with van der Waals surface area (Å²) in [7, 11) is 1.95. The molecule has 1 unspecified atom stereocenters. The molecule has 1 saturated carbocycles. The zero-order chi connectivity index (χ0) is 13.0. The predicted molar refractivity (Wildman–Crippen MR) is 71.6 cm³/mol. The number of hydrogen-bond donors (Lipinski definition) is 1. The number of rotatable bonds is 4. The van der Waals surface area contributed by atoms with Crippen molar-refractivity contribution in [1.82, 2.24) is 4.90 Å². The number of nitrogens with two attached hydrogens (primary N) is 1. The van der Waals surface area contributed by atoms with Gasteiger partial charge in [-0.2, -0.15) is 0 Å². The van der Waals surface area contributed by atoms with Gasteiger partial charge in [0.15, 0.2) is 0 Å². The minimum Gasteiger partial charge on any atom is -0.343 e.